The quantitative estimate of drug-likeness (QED) is 0.233. The van der Waals surface area contributed by atoms with E-state index >= 15 is 4.39 Å². The number of sulfone groups is 1. The van der Waals surface area contributed by atoms with E-state index in [0.717, 1.165) is 54.5 Å². The molecule has 5 nitrogen and oxygen atoms in total. The molecule has 38 heavy (non-hydrogen) atoms. The number of ether oxygens (including phenoxy) is 2. The normalized spacial score (nSPS) is 15.4. The van der Waals surface area contributed by atoms with Crippen LogP contribution in [0.5, 0.6) is 11.6 Å². The molecule has 1 aromatic heterocycles. The van der Waals surface area contributed by atoms with E-state index in [4.69, 9.17) is 9.47 Å². The Hall–Kier alpha value is -3.21. The standard InChI is InChI=1S/C27H26F5NO4S/c1-16-8-18-11-25(33-14-19(18)9-16)37-15-20-10-17(4-5-23(20)28)26-22(27(30,31)32)12-21(13-24(26)29)36-6-3-7-38(2,34)35/h4-5,10-14,16H,3,6-9,15H2,1-2H3. The van der Waals surface area contributed by atoms with Crippen LogP contribution in [-0.4, -0.2) is 32.0 Å². The second kappa shape index (κ2) is 10.9. The average Bonchev–Trinajstić information content (AvgIpc) is 3.19. The maximum absolute atomic E-state index is 15.1. The highest BCUT2D eigenvalue weighted by atomic mass is 32.2. The van der Waals surface area contributed by atoms with Gasteiger partial charge in [0.1, 0.15) is 33.8 Å². The van der Waals surface area contributed by atoms with E-state index in [1.165, 1.54) is 0 Å². The second-order valence-corrected chi connectivity index (χ2v) is 11.8. The molecule has 0 aliphatic heterocycles. The maximum Gasteiger partial charge on any atom is 0.417 e. The summed E-state index contributed by atoms with van der Waals surface area (Å²) in [6, 6.07) is 6.35. The SMILES string of the molecule is CC1Cc2cnc(OCc3cc(-c4c(F)cc(OCCCS(C)(=O)=O)cc4C(F)(F)F)ccc3F)cc2C1. The fourth-order valence-corrected chi connectivity index (χ4v) is 5.11. The highest BCUT2D eigenvalue weighted by Gasteiger charge is 2.36. The lowest BCUT2D eigenvalue weighted by molar-refractivity contribution is -0.137. The summed E-state index contributed by atoms with van der Waals surface area (Å²) in [6.07, 6.45) is -0.405. The zero-order valence-electron chi connectivity index (χ0n) is 20.7. The van der Waals surface area contributed by atoms with Crippen molar-refractivity contribution in [2.45, 2.75) is 39.0 Å². The second-order valence-electron chi connectivity index (χ2n) is 9.56. The van der Waals surface area contributed by atoms with Crippen LogP contribution in [0, 0.1) is 17.6 Å². The summed E-state index contributed by atoms with van der Waals surface area (Å²) in [5, 5.41) is 0. The highest BCUT2D eigenvalue weighted by Crippen LogP contribution is 2.41. The van der Waals surface area contributed by atoms with Crippen LogP contribution in [0.3, 0.4) is 0 Å². The lowest BCUT2D eigenvalue weighted by Gasteiger charge is -2.17. The summed E-state index contributed by atoms with van der Waals surface area (Å²) in [4.78, 5) is 4.22. The molecule has 1 heterocycles. The van der Waals surface area contributed by atoms with E-state index in [9.17, 15) is 26.0 Å². The fraction of sp³-hybridized carbons (Fsp3) is 0.370. The van der Waals surface area contributed by atoms with Gasteiger partial charge in [-0.15, -0.1) is 0 Å². The minimum atomic E-state index is -4.95. The lowest BCUT2D eigenvalue weighted by Crippen LogP contribution is -2.11. The minimum Gasteiger partial charge on any atom is -0.493 e. The molecule has 0 saturated heterocycles. The number of pyridine rings is 1. The van der Waals surface area contributed by atoms with Gasteiger partial charge in [0.2, 0.25) is 5.88 Å². The zero-order chi connectivity index (χ0) is 27.7. The van der Waals surface area contributed by atoms with E-state index < -0.39 is 44.5 Å². The molecular formula is C27H26F5NO4S. The van der Waals surface area contributed by atoms with Crippen molar-refractivity contribution in [3.05, 3.63) is 76.5 Å². The van der Waals surface area contributed by atoms with Crippen LogP contribution in [0.2, 0.25) is 0 Å². The molecule has 0 radical (unpaired) electrons. The van der Waals surface area contributed by atoms with Crippen LogP contribution in [0.25, 0.3) is 11.1 Å². The first-order valence-corrected chi connectivity index (χ1v) is 14.0. The van der Waals surface area contributed by atoms with Crippen molar-refractivity contribution in [3.63, 3.8) is 0 Å². The van der Waals surface area contributed by atoms with Gasteiger partial charge in [0.15, 0.2) is 0 Å². The molecule has 2 aromatic carbocycles. The number of fused-ring (bicyclic) bond motifs is 1. The van der Waals surface area contributed by atoms with Gasteiger partial charge in [0, 0.05) is 35.7 Å². The van der Waals surface area contributed by atoms with Crippen molar-refractivity contribution in [1.82, 2.24) is 4.98 Å². The Morgan fingerprint density at radius 2 is 1.74 bits per heavy atom. The molecule has 1 aliphatic carbocycles. The number of nitrogens with zero attached hydrogens (tertiary/aromatic N) is 1. The number of benzene rings is 2. The largest absolute Gasteiger partial charge is 0.493 e. The van der Waals surface area contributed by atoms with Crippen molar-refractivity contribution in [1.29, 1.82) is 0 Å². The van der Waals surface area contributed by atoms with Crippen molar-refractivity contribution in [2.75, 3.05) is 18.6 Å². The molecule has 0 saturated carbocycles. The number of aromatic nitrogens is 1. The lowest BCUT2D eigenvalue weighted by atomic mass is 9.96. The summed E-state index contributed by atoms with van der Waals surface area (Å²) in [5.41, 5.74) is -0.0976. The van der Waals surface area contributed by atoms with E-state index in [-0.39, 0.29) is 42.4 Å². The summed E-state index contributed by atoms with van der Waals surface area (Å²) in [7, 11) is -3.28. The van der Waals surface area contributed by atoms with Gasteiger partial charge in [-0.05, 0) is 60.1 Å². The number of hydrogen-bond acceptors (Lipinski definition) is 5. The first-order valence-electron chi connectivity index (χ1n) is 11.9. The number of alkyl halides is 3. The molecule has 0 spiro atoms. The molecule has 0 bridgehead atoms. The van der Waals surface area contributed by atoms with Gasteiger partial charge in [-0.2, -0.15) is 13.2 Å². The Morgan fingerprint density at radius 1 is 1.00 bits per heavy atom. The number of rotatable bonds is 9. The van der Waals surface area contributed by atoms with E-state index in [0.29, 0.717) is 12.0 Å². The maximum atomic E-state index is 15.1. The first kappa shape index (κ1) is 27.8. The topological polar surface area (TPSA) is 65.5 Å². The summed E-state index contributed by atoms with van der Waals surface area (Å²) >= 11 is 0. The number of hydrogen-bond donors (Lipinski definition) is 0. The van der Waals surface area contributed by atoms with Crippen LogP contribution >= 0.6 is 0 Å². The van der Waals surface area contributed by atoms with E-state index in [1.807, 2.05) is 0 Å². The Kier molecular flexibility index (Phi) is 7.96. The van der Waals surface area contributed by atoms with Crippen molar-refractivity contribution >= 4 is 9.84 Å². The molecule has 11 heteroatoms. The van der Waals surface area contributed by atoms with E-state index in [1.54, 1.807) is 12.3 Å². The Morgan fingerprint density at radius 3 is 2.45 bits per heavy atom. The summed E-state index contributed by atoms with van der Waals surface area (Å²) < 4.78 is 105. The third-order valence-corrected chi connectivity index (χ3v) is 7.23. The molecule has 0 amide bonds. The monoisotopic (exact) mass is 555 g/mol. The van der Waals surface area contributed by atoms with Crippen LogP contribution in [-0.2, 0) is 35.5 Å². The molecular weight excluding hydrogens is 529 g/mol. The van der Waals surface area contributed by atoms with Crippen LogP contribution in [0.1, 0.15) is 35.6 Å². The van der Waals surface area contributed by atoms with Gasteiger partial charge in [-0.1, -0.05) is 13.0 Å². The molecule has 1 aliphatic rings. The number of halogens is 5. The average molecular weight is 556 g/mol. The van der Waals surface area contributed by atoms with Gasteiger partial charge in [-0.3, -0.25) is 0 Å². The minimum absolute atomic E-state index is 0.0307. The molecule has 4 rings (SSSR count). The fourth-order valence-electron chi connectivity index (χ4n) is 4.47. The van der Waals surface area contributed by atoms with Gasteiger partial charge >= 0.3 is 6.18 Å². The molecule has 3 aromatic rings. The molecule has 1 unspecified atom stereocenters. The summed E-state index contributed by atoms with van der Waals surface area (Å²) in [5.74, 6) is -1.80. The van der Waals surface area contributed by atoms with Crippen molar-refractivity contribution < 1.29 is 39.8 Å². The van der Waals surface area contributed by atoms with Crippen molar-refractivity contribution in [2.24, 2.45) is 5.92 Å². The van der Waals surface area contributed by atoms with E-state index in [2.05, 4.69) is 11.9 Å². The van der Waals surface area contributed by atoms with Crippen molar-refractivity contribution in [3.8, 4) is 22.8 Å². The van der Waals surface area contributed by atoms with Crippen LogP contribution in [0.15, 0.2) is 42.6 Å². The third kappa shape index (κ3) is 6.80. The molecule has 204 valence electrons. The third-order valence-electron chi connectivity index (χ3n) is 6.20. The van der Waals surface area contributed by atoms with Gasteiger partial charge in [0.25, 0.3) is 0 Å². The van der Waals surface area contributed by atoms with Crippen LogP contribution < -0.4 is 9.47 Å². The molecule has 0 fully saturated rings. The molecule has 1 atom stereocenters. The Bertz CT molecular complexity index is 1440. The highest BCUT2D eigenvalue weighted by molar-refractivity contribution is 7.90. The van der Waals surface area contributed by atoms with Crippen LogP contribution in [0.4, 0.5) is 22.0 Å². The Labute approximate surface area is 217 Å². The van der Waals surface area contributed by atoms with Gasteiger partial charge in [-0.25, -0.2) is 22.2 Å². The summed E-state index contributed by atoms with van der Waals surface area (Å²) in [6.45, 7) is 1.59. The zero-order valence-corrected chi connectivity index (χ0v) is 21.6. The predicted molar refractivity (Wildman–Crippen MR) is 132 cm³/mol. The molecule has 0 N–H and O–H groups in total. The smallest absolute Gasteiger partial charge is 0.417 e. The first-order chi connectivity index (χ1) is 17.8. The Balaban J connectivity index is 1.58. The predicted octanol–water partition coefficient (Wildman–Crippen LogP) is 6.17. The van der Waals surface area contributed by atoms with Gasteiger partial charge in [0.05, 0.1) is 17.9 Å². The van der Waals surface area contributed by atoms with Gasteiger partial charge < -0.3 is 9.47 Å².